The minimum Gasteiger partial charge on any atom is -0.504 e. The van der Waals surface area contributed by atoms with Crippen LogP contribution in [-0.2, 0) is 0 Å². The first-order valence-corrected chi connectivity index (χ1v) is 3.23. The molecular formula is C7H10NO3+. The molecule has 1 aromatic rings. The molecule has 0 amide bonds. The molecule has 4 N–H and O–H groups in total. The first kappa shape index (κ1) is 7.81. The number of pyridine rings is 1. The Hall–Kier alpha value is -1.29. The lowest BCUT2D eigenvalue weighted by molar-refractivity contribution is -0.400. The van der Waals surface area contributed by atoms with Crippen molar-refractivity contribution in [2.45, 2.75) is 13.0 Å². The van der Waals surface area contributed by atoms with Crippen molar-refractivity contribution in [2.24, 2.45) is 0 Å². The van der Waals surface area contributed by atoms with Gasteiger partial charge in [-0.1, -0.05) is 0 Å². The minimum absolute atomic E-state index is 0.213. The fraction of sp³-hybridized carbons (Fsp3) is 0.286. The predicted octanol–water partition coefficient (Wildman–Crippen LogP) is -0.0348. The van der Waals surface area contributed by atoms with E-state index in [0.717, 1.165) is 0 Å². The molecule has 60 valence electrons. The lowest BCUT2D eigenvalue weighted by atomic mass is 10.2. The molecule has 11 heavy (non-hydrogen) atoms. The molecule has 4 nitrogen and oxygen atoms in total. The summed E-state index contributed by atoms with van der Waals surface area (Å²) in [5.74, 6) is -0.540. The van der Waals surface area contributed by atoms with Gasteiger partial charge in [-0.15, -0.1) is 0 Å². The highest BCUT2D eigenvalue weighted by Crippen LogP contribution is 2.27. The van der Waals surface area contributed by atoms with E-state index in [1.807, 2.05) is 0 Å². The fourth-order valence-corrected chi connectivity index (χ4v) is 0.814. The number of aromatic hydroxyl groups is 2. The lowest BCUT2D eigenvalue weighted by Crippen LogP contribution is -2.12. The molecule has 1 aromatic heterocycles. The van der Waals surface area contributed by atoms with Gasteiger partial charge in [0.05, 0.1) is 0 Å². The molecule has 1 atom stereocenters. The maximum Gasteiger partial charge on any atom is 0.254 e. The zero-order valence-corrected chi connectivity index (χ0v) is 6.07. The molecular weight excluding hydrogens is 146 g/mol. The van der Waals surface area contributed by atoms with Crippen LogP contribution in [0.3, 0.4) is 0 Å². The molecule has 0 spiro atoms. The highest BCUT2D eigenvalue weighted by atomic mass is 16.3. The Morgan fingerprint density at radius 3 is 2.55 bits per heavy atom. The fourth-order valence-electron chi connectivity index (χ4n) is 0.814. The van der Waals surface area contributed by atoms with E-state index in [0.29, 0.717) is 0 Å². The molecule has 0 aromatic carbocycles. The zero-order chi connectivity index (χ0) is 8.43. The van der Waals surface area contributed by atoms with E-state index >= 15 is 0 Å². The predicted molar refractivity (Wildman–Crippen MR) is 37.0 cm³/mol. The molecule has 0 saturated heterocycles. The van der Waals surface area contributed by atoms with Crippen molar-refractivity contribution in [3.05, 3.63) is 18.0 Å². The van der Waals surface area contributed by atoms with Gasteiger partial charge in [0, 0.05) is 6.07 Å². The molecule has 0 aliphatic heterocycles. The number of rotatable bonds is 1. The van der Waals surface area contributed by atoms with Gasteiger partial charge < -0.3 is 15.3 Å². The van der Waals surface area contributed by atoms with Crippen LogP contribution in [0.2, 0.25) is 0 Å². The van der Waals surface area contributed by atoms with Crippen LogP contribution in [0.25, 0.3) is 0 Å². The Kier molecular flexibility index (Phi) is 1.96. The van der Waals surface area contributed by atoms with Crippen LogP contribution in [-0.4, -0.2) is 15.3 Å². The smallest absolute Gasteiger partial charge is 0.254 e. The van der Waals surface area contributed by atoms with Crippen molar-refractivity contribution in [3.8, 4) is 11.5 Å². The number of aliphatic hydroxyl groups excluding tert-OH is 1. The Labute approximate surface area is 63.8 Å². The second-order valence-corrected chi connectivity index (χ2v) is 2.30. The largest absolute Gasteiger partial charge is 0.504 e. The molecule has 0 aliphatic rings. The topological polar surface area (TPSA) is 74.8 Å². The Bertz CT molecular complexity index is 260. The highest BCUT2D eigenvalue weighted by Gasteiger charge is 2.17. The number of hydrogen-bond acceptors (Lipinski definition) is 3. The van der Waals surface area contributed by atoms with Crippen LogP contribution in [0, 0.1) is 0 Å². The second-order valence-electron chi connectivity index (χ2n) is 2.30. The summed E-state index contributed by atoms with van der Waals surface area (Å²) in [4.78, 5) is 2.62. The molecule has 4 heteroatoms. The van der Waals surface area contributed by atoms with Gasteiger partial charge in [-0.2, -0.15) is 0 Å². The van der Waals surface area contributed by atoms with Gasteiger partial charge in [0.1, 0.15) is 6.10 Å². The normalized spacial score (nSPS) is 12.9. The van der Waals surface area contributed by atoms with Gasteiger partial charge in [-0.05, 0) is 6.92 Å². The summed E-state index contributed by atoms with van der Waals surface area (Å²) in [5.41, 5.74) is 0.213. The van der Waals surface area contributed by atoms with Gasteiger partial charge in [-0.25, -0.2) is 4.98 Å². The van der Waals surface area contributed by atoms with Gasteiger partial charge >= 0.3 is 0 Å². The summed E-state index contributed by atoms with van der Waals surface area (Å²) in [6.45, 7) is 1.49. The number of nitrogens with one attached hydrogen (secondary N) is 1. The number of H-pyrrole nitrogens is 1. The first-order chi connectivity index (χ1) is 5.13. The van der Waals surface area contributed by atoms with Gasteiger partial charge in [0.25, 0.3) is 5.69 Å². The van der Waals surface area contributed by atoms with Crippen molar-refractivity contribution in [1.82, 2.24) is 0 Å². The zero-order valence-electron chi connectivity index (χ0n) is 6.07. The number of aromatic amines is 1. The van der Waals surface area contributed by atoms with E-state index < -0.39 is 6.10 Å². The summed E-state index contributed by atoms with van der Waals surface area (Å²) in [6, 6.07) is 1.31. The molecule has 0 bridgehead atoms. The van der Waals surface area contributed by atoms with Gasteiger partial charge in [0.15, 0.2) is 11.9 Å². The molecule has 0 saturated carbocycles. The molecule has 1 heterocycles. The van der Waals surface area contributed by atoms with Crippen molar-refractivity contribution in [3.63, 3.8) is 0 Å². The highest BCUT2D eigenvalue weighted by molar-refractivity contribution is 5.37. The van der Waals surface area contributed by atoms with Crippen LogP contribution in [0.4, 0.5) is 0 Å². The lowest BCUT2D eigenvalue weighted by Gasteiger charge is -2.00. The van der Waals surface area contributed by atoms with Crippen molar-refractivity contribution in [1.29, 1.82) is 0 Å². The van der Waals surface area contributed by atoms with Crippen molar-refractivity contribution < 1.29 is 20.3 Å². The van der Waals surface area contributed by atoms with E-state index in [2.05, 4.69) is 4.98 Å². The third kappa shape index (κ3) is 1.40. The third-order valence-electron chi connectivity index (χ3n) is 1.40. The molecule has 0 radical (unpaired) electrons. The van der Waals surface area contributed by atoms with Crippen LogP contribution in [0.5, 0.6) is 11.5 Å². The van der Waals surface area contributed by atoms with E-state index in [1.165, 1.54) is 19.2 Å². The molecule has 0 fully saturated rings. The summed E-state index contributed by atoms with van der Waals surface area (Å²) >= 11 is 0. The van der Waals surface area contributed by atoms with Crippen LogP contribution in [0.1, 0.15) is 18.7 Å². The second kappa shape index (κ2) is 2.75. The van der Waals surface area contributed by atoms with Crippen molar-refractivity contribution >= 4 is 0 Å². The summed E-state index contributed by atoms with van der Waals surface area (Å²) in [5, 5.41) is 27.1. The standard InChI is InChI=1S/C7H9NO3/c1-4(9)6-7(11)5(10)2-3-8-6/h2-4,9,11H,1H3,(H,8,10)/p+1. The van der Waals surface area contributed by atoms with Gasteiger partial charge in [-0.3, -0.25) is 0 Å². The monoisotopic (exact) mass is 156 g/mol. The van der Waals surface area contributed by atoms with E-state index in [9.17, 15) is 0 Å². The quantitative estimate of drug-likeness (QED) is 0.534. The van der Waals surface area contributed by atoms with Crippen LogP contribution >= 0.6 is 0 Å². The Morgan fingerprint density at radius 1 is 1.45 bits per heavy atom. The summed E-state index contributed by atoms with van der Waals surface area (Å²) in [6.07, 6.45) is 0.624. The maximum atomic E-state index is 9.13. The average Bonchev–Trinajstić information content (AvgIpc) is 1.94. The van der Waals surface area contributed by atoms with Crippen LogP contribution in [0.15, 0.2) is 12.3 Å². The Balaban J connectivity index is 3.17. The van der Waals surface area contributed by atoms with Crippen LogP contribution < -0.4 is 4.98 Å². The molecule has 1 unspecified atom stereocenters. The summed E-state index contributed by atoms with van der Waals surface area (Å²) in [7, 11) is 0. The number of aliphatic hydroxyl groups is 1. The van der Waals surface area contributed by atoms with E-state index in [1.54, 1.807) is 0 Å². The number of hydrogen-bond donors (Lipinski definition) is 3. The van der Waals surface area contributed by atoms with E-state index in [-0.39, 0.29) is 17.2 Å². The molecule has 0 aliphatic carbocycles. The minimum atomic E-state index is -0.818. The molecule has 1 rings (SSSR count). The third-order valence-corrected chi connectivity index (χ3v) is 1.40. The maximum absolute atomic E-state index is 9.13. The Morgan fingerprint density at radius 2 is 2.09 bits per heavy atom. The first-order valence-electron chi connectivity index (χ1n) is 3.23. The summed E-state index contributed by atoms with van der Waals surface area (Å²) < 4.78 is 0. The van der Waals surface area contributed by atoms with Crippen molar-refractivity contribution in [2.75, 3.05) is 0 Å². The van der Waals surface area contributed by atoms with Gasteiger partial charge in [0.2, 0.25) is 5.75 Å². The number of aromatic nitrogens is 1. The van der Waals surface area contributed by atoms with E-state index in [4.69, 9.17) is 15.3 Å². The SMILES string of the molecule is CC(O)c1[nH+]ccc(O)c1O. The average molecular weight is 156 g/mol.